The fourth-order valence-corrected chi connectivity index (χ4v) is 2.16. The molecule has 0 aromatic heterocycles. The Morgan fingerprint density at radius 3 is 2.89 bits per heavy atom. The zero-order valence-corrected chi connectivity index (χ0v) is 10.9. The van der Waals surface area contributed by atoms with E-state index in [0.29, 0.717) is 17.3 Å². The fraction of sp³-hybridized carbons (Fsp3) is 0.500. The molecular formula is C14H20N2O2. The lowest BCUT2D eigenvalue weighted by molar-refractivity contribution is 0.0602. The highest BCUT2D eigenvalue weighted by molar-refractivity contribution is 5.98. The Kier molecular flexibility index (Phi) is 3.75. The topological polar surface area (TPSA) is 64.3 Å². The van der Waals surface area contributed by atoms with Gasteiger partial charge in [-0.15, -0.1) is 0 Å². The fourth-order valence-electron chi connectivity index (χ4n) is 2.16. The van der Waals surface area contributed by atoms with Crippen LogP contribution in [-0.4, -0.2) is 19.1 Å². The molecule has 2 rings (SSSR count). The van der Waals surface area contributed by atoms with Crippen LogP contribution in [0.25, 0.3) is 0 Å². The van der Waals surface area contributed by atoms with Crippen LogP contribution in [0.15, 0.2) is 18.2 Å². The van der Waals surface area contributed by atoms with E-state index < -0.39 is 5.97 Å². The number of ether oxygens (including phenoxy) is 1. The molecule has 0 amide bonds. The molecule has 1 atom stereocenters. The Labute approximate surface area is 108 Å². The molecule has 0 saturated heterocycles. The van der Waals surface area contributed by atoms with E-state index in [9.17, 15) is 4.79 Å². The Balaban J connectivity index is 2.09. The van der Waals surface area contributed by atoms with Gasteiger partial charge in [-0.2, -0.15) is 0 Å². The van der Waals surface area contributed by atoms with E-state index in [1.165, 1.54) is 20.0 Å². The van der Waals surface area contributed by atoms with E-state index in [2.05, 4.69) is 12.2 Å². The van der Waals surface area contributed by atoms with Crippen molar-refractivity contribution in [3.8, 4) is 0 Å². The number of para-hydroxylation sites is 1. The standard InChI is InChI=1S/C14H20N2O2/c1-9(8-10-6-7-10)16-12-5-3-4-11(13(12)15)14(17)18-2/h3-5,9-10,16H,6-8,15H2,1-2H3. The summed E-state index contributed by atoms with van der Waals surface area (Å²) in [5, 5.41) is 3.37. The number of nitrogen functional groups attached to an aromatic ring is 1. The summed E-state index contributed by atoms with van der Waals surface area (Å²) >= 11 is 0. The van der Waals surface area contributed by atoms with E-state index >= 15 is 0 Å². The van der Waals surface area contributed by atoms with E-state index in [1.807, 2.05) is 12.1 Å². The van der Waals surface area contributed by atoms with E-state index in [4.69, 9.17) is 10.5 Å². The normalized spacial score (nSPS) is 16.1. The maximum absolute atomic E-state index is 11.5. The third kappa shape index (κ3) is 2.94. The monoisotopic (exact) mass is 248 g/mol. The van der Waals surface area contributed by atoms with Gasteiger partial charge in [0.05, 0.1) is 24.0 Å². The minimum absolute atomic E-state index is 0.368. The van der Waals surface area contributed by atoms with Crippen LogP contribution in [0.5, 0.6) is 0 Å². The van der Waals surface area contributed by atoms with Crippen molar-refractivity contribution in [3.05, 3.63) is 23.8 Å². The zero-order valence-electron chi connectivity index (χ0n) is 10.9. The van der Waals surface area contributed by atoms with Crippen molar-refractivity contribution >= 4 is 17.3 Å². The van der Waals surface area contributed by atoms with Crippen LogP contribution in [-0.2, 0) is 4.74 Å². The number of rotatable bonds is 5. The van der Waals surface area contributed by atoms with Gasteiger partial charge in [-0.25, -0.2) is 4.79 Å². The number of hydrogen-bond acceptors (Lipinski definition) is 4. The van der Waals surface area contributed by atoms with Gasteiger partial charge in [0, 0.05) is 6.04 Å². The van der Waals surface area contributed by atoms with Gasteiger partial charge in [-0.3, -0.25) is 0 Å². The van der Waals surface area contributed by atoms with E-state index in [1.54, 1.807) is 6.07 Å². The minimum atomic E-state index is -0.397. The smallest absolute Gasteiger partial charge is 0.340 e. The number of nitrogens with one attached hydrogen (secondary N) is 1. The first-order valence-electron chi connectivity index (χ1n) is 6.35. The molecule has 1 unspecified atom stereocenters. The average molecular weight is 248 g/mol. The van der Waals surface area contributed by atoms with Crippen molar-refractivity contribution in [1.82, 2.24) is 0 Å². The lowest BCUT2D eigenvalue weighted by Crippen LogP contribution is -2.18. The molecule has 0 bridgehead atoms. The molecule has 1 aliphatic carbocycles. The predicted molar refractivity (Wildman–Crippen MR) is 72.6 cm³/mol. The number of methoxy groups -OCH3 is 1. The molecule has 98 valence electrons. The number of nitrogens with two attached hydrogens (primary N) is 1. The number of hydrogen-bond donors (Lipinski definition) is 2. The van der Waals surface area contributed by atoms with E-state index in [0.717, 1.165) is 18.0 Å². The van der Waals surface area contributed by atoms with Crippen LogP contribution in [0.1, 0.15) is 36.5 Å². The largest absolute Gasteiger partial charge is 0.465 e. The Hall–Kier alpha value is -1.71. The average Bonchev–Trinajstić information content (AvgIpc) is 3.14. The van der Waals surface area contributed by atoms with Crippen LogP contribution >= 0.6 is 0 Å². The van der Waals surface area contributed by atoms with Crippen molar-refractivity contribution in [2.75, 3.05) is 18.2 Å². The van der Waals surface area contributed by atoms with Gasteiger partial charge in [-0.05, 0) is 31.4 Å². The summed E-state index contributed by atoms with van der Waals surface area (Å²) in [5.41, 5.74) is 7.68. The summed E-state index contributed by atoms with van der Waals surface area (Å²) in [7, 11) is 1.36. The molecular weight excluding hydrogens is 228 g/mol. The summed E-state index contributed by atoms with van der Waals surface area (Å²) in [6.45, 7) is 2.14. The van der Waals surface area contributed by atoms with Gasteiger partial charge in [0.2, 0.25) is 0 Å². The Morgan fingerprint density at radius 2 is 2.28 bits per heavy atom. The molecule has 4 heteroatoms. The van der Waals surface area contributed by atoms with Crippen LogP contribution < -0.4 is 11.1 Å². The number of carbonyl (C=O) groups excluding carboxylic acids is 1. The zero-order chi connectivity index (χ0) is 13.1. The third-order valence-electron chi connectivity index (χ3n) is 3.30. The van der Waals surface area contributed by atoms with Gasteiger partial charge in [0.25, 0.3) is 0 Å². The van der Waals surface area contributed by atoms with Crippen LogP contribution in [0.4, 0.5) is 11.4 Å². The van der Waals surface area contributed by atoms with Crippen LogP contribution in [0, 0.1) is 5.92 Å². The number of esters is 1. The number of anilines is 2. The highest BCUT2D eigenvalue weighted by atomic mass is 16.5. The molecule has 1 aliphatic rings. The number of carbonyl (C=O) groups is 1. The maximum Gasteiger partial charge on any atom is 0.340 e. The highest BCUT2D eigenvalue weighted by Crippen LogP contribution is 2.34. The maximum atomic E-state index is 11.5. The molecule has 0 radical (unpaired) electrons. The van der Waals surface area contributed by atoms with Gasteiger partial charge in [0.15, 0.2) is 0 Å². The Bertz CT molecular complexity index is 441. The molecule has 18 heavy (non-hydrogen) atoms. The number of benzene rings is 1. The second-order valence-electron chi connectivity index (χ2n) is 4.98. The van der Waals surface area contributed by atoms with Gasteiger partial charge in [0.1, 0.15) is 0 Å². The molecule has 1 fully saturated rings. The molecule has 0 spiro atoms. The molecule has 0 aliphatic heterocycles. The Morgan fingerprint density at radius 1 is 1.56 bits per heavy atom. The predicted octanol–water partition coefficient (Wildman–Crippen LogP) is 2.66. The van der Waals surface area contributed by atoms with Crippen LogP contribution in [0.2, 0.25) is 0 Å². The van der Waals surface area contributed by atoms with Crippen molar-refractivity contribution in [3.63, 3.8) is 0 Å². The SMILES string of the molecule is COC(=O)c1cccc(NC(C)CC2CC2)c1N. The highest BCUT2D eigenvalue weighted by Gasteiger charge is 2.24. The molecule has 0 heterocycles. The quantitative estimate of drug-likeness (QED) is 0.621. The summed E-state index contributed by atoms with van der Waals surface area (Å²) in [6.07, 6.45) is 3.83. The van der Waals surface area contributed by atoms with Gasteiger partial charge < -0.3 is 15.8 Å². The molecule has 3 N–H and O–H groups in total. The lowest BCUT2D eigenvalue weighted by Gasteiger charge is -2.17. The van der Waals surface area contributed by atoms with Crippen LogP contribution in [0.3, 0.4) is 0 Å². The summed E-state index contributed by atoms with van der Waals surface area (Å²) in [6, 6.07) is 5.76. The summed E-state index contributed by atoms with van der Waals surface area (Å²) in [5.74, 6) is 0.462. The van der Waals surface area contributed by atoms with Crippen molar-refractivity contribution in [2.24, 2.45) is 5.92 Å². The first-order chi connectivity index (χ1) is 8.61. The van der Waals surface area contributed by atoms with E-state index in [-0.39, 0.29) is 0 Å². The minimum Gasteiger partial charge on any atom is -0.465 e. The second-order valence-corrected chi connectivity index (χ2v) is 4.98. The molecule has 1 aromatic rings. The van der Waals surface area contributed by atoms with Crippen molar-refractivity contribution in [1.29, 1.82) is 0 Å². The van der Waals surface area contributed by atoms with Gasteiger partial charge in [-0.1, -0.05) is 18.9 Å². The summed E-state index contributed by atoms with van der Waals surface area (Å²) < 4.78 is 4.70. The molecule has 1 saturated carbocycles. The first kappa shape index (κ1) is 12.7. The lowest BCUT2D eigenvalue weighted by atomic mass is 10.1. The third-order valence-corrected chi connectivity index (χ3v) is 3.30. The first-order valence-corrected chi connectivity index (χ1v) is 6.35. The molecule has 1 aromatic carbocycles. The van der Waals surface area contributed by atoms with Crippen molar-refractivity contribution in [2.45, 2.75) is 32.2 Å². The molecule has 4 nitrogen and oxygen atoms in total. The second kappa shape index (κ2) is 5.29. The summed E-state index contributed by atoms with van der Waals surface area (Å²) in [4.78, 5) is 11.5. The van der Waals surface area contributed by atoms with Crippen molar-refractivity contribution < 1.29 is 9.53 Å². The van der Waals surface area contributed by atoms with Gasteiger partial charge >= 0.3 is 5.97 Å².